The zero-order chi connectivity index (χ0) is 28.2. The van der Waals surface area contributed by atoms with Crippen LogP contribution in [0.4, 0.5) is 0 Å². The van der Waals surface area contributed by atoms with Crippen LogP contribution >= 0.6 is 0 Å². The number of carbonyl (C=O) groups excluding carboxylic acids is 1. The summed E-state index contributed by atoms with van der Waals surface area (Å²) in [7, 11) is 0. The van der Waals surface area contributed by atoms with Crippen LogP contribution in [-0.2, 0) is 13.0 Å². The lowest BCUT2D eigenvalue weighted by atomic mass is 9.99. The Hall–Kier alpha value is -3.35. The van der Waals surface area contributed by atoms with Crippen LogP contribution in [0.25, 0.3) is 0 Å². The molecule has 0 saturated carbocycles. The van der Waals surface area contributed by atoms with Crippen LogP contribution in [0.1, 0.15) is 91.9 Å². The van der Waals surface area contributed by atoms with Gasteiger partial charge in [-0.05, 0) is 92.1 Å². The van der Waals surface area contributed by atoms with Crippen molar-refractivity contribution in [3.05, 3.63) is 107 Å². The topological polar surface area (TPSA) is 23.6 Å². The van der Waals surface area contributed by atoms with Crippen molar-refractivity contribution in [2.45, 2.75) is 78.3 Å². The molecule has 3 aromatic carbocycles. The molecule has 0 radical (unpaired) electrons. The fourth-order valence-electron chi connectivity index (χ4n) is 5.43. The standard InChI is InChI=1S/C37H46N2O/c1-4-5-7-11-32-18-20-35(21-19-32)37(40)39(36-23-26-38(27-24-36)25-22-30(2)3)29-34-15-10-14-33(28-34)17-16-31-12-8-6-9-13-31/h6,8-10,12-15,18-21,28,30,36H,4-5,7,11,22-27,29H2,1-3H3. The van der Waals surface area contributed by atoms with Crippen molar-refractivity contribution in [2.75, 3.05) is 19.6 Å². The maximum Gasteiger partial charge on any atom is 0.254 e. The predicted octanol–water partition coefficient (Wildman–Crippen LogP) is 7.97. The monoisotopic (exact) mass is 534 g/mol. The van der Waals surface area contributed by atoms with Crippen molar-refractivity contribution >= 4 is 5.91 Å². The van der Waals surface area contributed by atoms with E-state index in [1.165, 1.54) is 31.2 Å². The molecule has 0 aromatic heterocycles. The summed E-state index contributed by atoms with van der Waals surface area (Å²) in [6.45, 7) is 10.7. The summed E-state index contributed by atoms with van der Waals surface area (Å²) in [6, 6.07) is 27.1. The highest BCUT2D eigenvalue weighted by atomic mass is 16.2. The van der Waals surface area contributed by atoms with Gasteiger partial charge in [-0.15, -0.1) is 0 Å². The van der Waals surface area contributed by atoms with E-state index in [9.17, 15) is 4.79 Å². The quantitative estimate of drug-likeness (QED) is 0.184. The summed E-state index contributed by atoms with van der Waals surface area (Å²) >= 11 is 0. The second-order valence-electron chi connectivity index (χ2n) is 11.7. The number of amides is 1. The molecule has 1 aliphatic rings. The van der Waals surface area contributed by atoms with E-state index in [2.05, 4.69) is 78.8 Å². The molecule has 1 amide bonds. The van der Waals surface area contributed by atoms with Crippen molar-refractivity contribution in [3.8, 4) is 11.8 Å². The summed E-state index contributed by atoms with van der Waals surface area (Å²) in [4.78, 5) is 18.7. The first-order chi connectivity index (χ1) is 19.5. The smallest absolute Gasteiger partial charge is 0.254 e. The molecule has 3 heteroatoms. The van der Waals surface area contributed by atoms with Crippen molar-refractivity contribution in [3.63, 3.8) is 0 Å². The van der Waals surface area contributed by atoms with Gasteiger partial charge < -0.3 is 9.80 Å². The van der Waals surface area contributed by atoms with Gasteiger partial charge in [0.2, 0.25) is 0 Å². The Bertz CT molecular complexity index is 1240. The third-order valence-electron chi connectivity index (χ3n) is 7.96. The van der Waals surface area contributed by atoms with Crippen LogP contribution < -0.4 is 0 Å². The Labute approximate surface area is 242 Å². The highest BCUT2D eigenvalue weighted by molar-refractivity contribution is 5.94. The maximum absolute atomic E-state index is 14.0. The Balaban J connectivity index is 1.50. The normalized spacial score (nSPS) is 14.1. The number of aryl methyl sites for hydroxylation is 1. The first kappa shape index (κ1) is 29.6. The molecule has 4 rings (SSSR count). The van der Waals surface area contributed by atoms with Crippen LogP contribution in [0.5, 0.6) is 0 Å². The molecule has 0 atom stereocenters. The summed E-state index contributed by atoms with van der Waals surface area (Å²) in [6.07, 6.45) is 8.03. The minimum absolute atomic E-state index is 0.140. The molecule has 0 N–H and O–H groups in total. The van der Waals surface area contributed by atoms with Gasteiger partial charge in [-0.1, -0.05) is 87.9 Å². The van der Waals surface area contributed by atoms with Crippen LogP contribution in [0.3, 0.4) is 0 Å². The van der Waals surface area contributed by atoms with Crippen LogP contribution in [0, 0.1) is 17.8 Å². The molecular formula is C37H46N2O. The van der Waals surface area contributed by atoms with Gasteiger partial charge >= 0.3 is 0 Å². The third-order valence-corrected chi connectivity index (χ3v) is 7.96. The SMILES string of the molecule is CCCCCc1ccc(C(=O)N(Cc2cccc(C#Cc3ccccc3)c2)C2CCN(CCC(C)C)CC2)cc1. The Morgan fingerprint density at radius 2 is 1.57 bits per heavy atom. The zero-order valence-electron chi connectivity index (χ0n) is 24.7. The number of rotatable bonds is 11. The number of likely N-dealkylation sites (tertiary alicyclic amines) is 1. The van der Waals surface area contributed by atoms with Gasteiger partial charge in [0.1, 0.15) is 0 Å². The van der Waals surface area contributed by atoms with E-state index in [1.807, 2.05) is 42.5 Å². The molecular weight excluding hydrogens is 488 g/mol. The minimum Gasteiger partial charge on any atom is -0.331 e. The van der Waals surface area contributed by atoms with Gasteiger partial charge in [-0.25, -0.2) is 0 Å². The van der Waals surface area contributed by atoms with Crippen molar-refractivity contribution < 1.29 is 4.79 Å². The number of nitrogens with zero attached hydrogens (tertiary/aromatic N) is 2. The highest BCUT2D eigenvalue weighted by Crippen LogP contribution is 2.23. The molecule has 1 saturated heterocycles. The Morgan fingerprint density at radius 1 is 0.875 bits per heavy atom. The molecule has 3 nitrogen and oxygen atoms in total. The van der Waals surface area contributed by atoms with Crippen molar-refractivity contribution in [1.82, 2.24) is 9.80 Å². The largest absolute Gasteiger partial charge is 0.331 e. The average Bonchev–Trinajstić information content (AvgIpc) is 2.99. The maximum atomic E-state index is 14.0. The number of hydrogen-bond donors (Lipinski definition) is 0. The number of unbranched alkanes of at least 4 members (excludes halogenated alkanes) is 2. The molecule has 1 aliphatic heterocycles. The second-order valence-corrected chi connectivity index (χ2v) is 11.7. The minimum atomic E-state index is 0.140. The van der Waals surface area contributed by atoms with Crippen molar-refractivity contribution in [1.29, 1.82) is 0 Å². The summed E-state index contributed by atoms with van der Waals surface area (Å²) in [5.41, 5.74) is 5.23. The zero-order valence-corrected chi connectivity index (χ0v) is 24.7. The molecule has 0 bridgehead atoms. The first-order valence-corrected chi connectivity index (χ1v) is 15.3. The van der Waals surface area contributed by atoms with Crippen LogP contribution in [0.15, 0.2) is 78.9 Å². The molecule has 1 heterocycles. The van der Waals surface area contributed by atoms with Gasteiger partial charge in [0, 0.05) is 42.4 Å². The molecule has 0 unspecified atom stereocenters. The van der Waals surface area contributed by atoms with Crippen molar-refractivity contribution in [2.24, 2.45) is 5.92 Å². The molecule has 3 aromatic rings. The lowest BCUT2D eigenvalue weighted by molar-refractivity contribution is 0.0546. The van der Waals surface area contributed by atoms with Gasteiger partial charge in [0.05, 0.1) is 0 Å². The van der Waals surface area contributed by atoms with E-state index in [-0.39, 0.29) is 11.9 Å². The molecule has 40 heavy (non-hydrogen) atoms. The molecule has 0 spiro atoms. The Kier molecular flexibility index (Phi) is 11.4. The lowest BCUT2D eigenvalue weighted by Gasteiger charge is -2.39. The Morgan fingerprint density at radius 3 is 2.27 bits per heavy atom. The van der Waals surface area contributed by atoms with E-state index >= 15 is 0 Å². The average molecular weight is 535 g/mol. The van der Waals surface area contributed by atoms with Gasteiger partial charge in [-0.3, -0.25) is 4.79 Å². The third kappa shape index (κ3) is 9.10. The van der Waals surface area contributed by atoms with Gasteiger partial charge in [0.25, 0.3) is 5.91 Å². The van der Waals surface area contributed by atoms with Gasteiger partial charge in [0.15, 0.2) is 0 Å². The van der Waals surface area contributed by atoms with E-state index < -0.39 is 0 Å². The van der Waals surface area contributed by atoms with E-state index in [4.69, 9.17) is 0 Å². The first-order valence-electron chi connectivity index (χ1n) is 15.3. The molecule has 1 fully saturated rings. The van der Waals surface area contributed by atoms with E-state index in [0.717, 1.165) is 67.1 Å². The van der Waals surface area contributed by atoms with Crippen LogP contribution in [-0.4, -0.2) is 41.4 Å². The highest BCUT2D eigenvalue weighted by Gasteiger charge is 2.29. The fraction of sp³-hybridized carbons (Fsp3) is 0.432. The number of carbonyl (C=O) groups is 1. The summed E-state index contributed by atoms with van der Waals surface area (Å²) in [5, 5.41) is 0. The van der Waals surface area contributed by atoms with E-state index in [0.29, 0.717) is 6.54 Å². The second kappa shape index (κ2) is 15.4. The number of piperidine rings is 1. The molecule has 0 aliphatic carbocycles. The van der Waals surface area contributed by atoms with Gasteiger partial charge in [-0.2, -0.15) is 0 Å². The number of benzene rings is 3. The lowest BCUT2D eigenvalue weighted by Crippen LogP contribution is -2.47. The van der Waals surface area contributed by atoms with Crippen LogP contribution in [0.2, 0.25) is 0 Å². The summed E-state index contributed by atoms with van der Waals surface area (Å²) in [5.74, 6) is 7.44. The van der Waals surface area contributed by atoms with E-state index in [1.54, 1.807) is 0 Å². The summed E-state index contributed by atoms with van der Waals surface area (Å²) < 4.78 is 0. The fourth-order valence-corrected chi connectivity index (χ4v) is 5.43. The molecule has 210 valence electrons. The number of hydrogen-bond acceptors (Lipinski definition) is 2. The predicted molar refractivity (Wildman–Crippen MR) is 167 cm³/mol.